The van der Waals surface area contributed by atoms with Crippen LogP contribution >= 0.6 is 0 Å². The molecule has 0 N–H and O–H groups in total. The molecule has 0 heterocycles. The lowest BCUT2D eigenvalue weighted by Gasteiger charge is -2.19. The van der Waals surface area contributed by atoms with Crippen LogP contribution in [0.2, 0.25) is 0 Å². The molecule has 1 aromatic carbocycles. The van der Waals surface area contributed by atoms with Crippen LogP contribution in [0.15, 0.2) is 11.0 Å². The summed E-state index contributed by atoms with van der Waals surface area (Å²) in [5, 5.41) is 0. The number of aryl methyl sites for hydroxylation is 2. The van der Waals surface area contributed by atoms with Gasteiger partial charge in [-0.2, -0.15) is 4.90 Å². The summed E-state index contributed by atoms with van der Waals surface area (Å²) in [7, 11) is 0. The van der Waals surface area contributed by atoms with Gasteiger partial charge in [0.1, 0.15) is 0 Å². The molecule has 0 aliphatic heterocycles. The Hall–Kier alpha value is -0.560. The summed E-state index contributed by atoms with van der Waals surface area (Å²) >= 11 is 5.27. The number of hydrogen-bond acceptors (Lipinski definition) is 1. The van der Waals surface area contributed by atoms with Crippen molar-refractivity contribution >= 4 is 12.6 Å². The van der Waals surface area contributed by atoms with Crippen molar-refractivity contribution < 1.29 is 0 Å². The summed E-state index contributed by atoms with van der Waals surface area (Å²) in [5.74, 6) is 0. The van der Waals surface area contributed by atoms with Gasteiger partial charge in [0.2, 0.25) is 0 Å². The summed E-state index contributed by atoms with van der Waals surface area (Å²) < 4.78 is 0. The van der Waals surface area contributed by atoms with E-state index in [1.165, 1.54) is 22.3 Å². The maximum absolute atomic E-state index is 5.27. The summed E-state index contributed by atoms with van der Waals surface area (Å²) in [6.45, 7) is 8.39. The highest BCUT2D eigenvalue weighted by Gasteiger charge is 1.97. The number of hydrogen-bond donors (Lipinski definition) is 0. The minimum absolute atomic E-state index is 1.03. The number of benzene rings is 1. The van der Waals surface area contributed by atoms with E-state index in [1.54, 1.807) is 0 Å². The molecule has 11 heavy (non-hydrogen) atoms. The van der Waals surface area contributed by atoms with Crippen LogP contribution in [0.5, 0.6) is 0 Å². The van der Waals surface area contributed by atoms with Crippen LogP contribution in [-0.2, 0) is 12.6 Å². The standard InChI is InChI=1S/C10H14S/c1-6-5-7(2)9(4)10(11)8(6)3/h5,11H,1-4H3/p-1. The van der Waals surface area contributed by atoms with E-state index in [0.717, 1.165) is 4.90 Å². The van der Waals surface area contributed by atoms with Crippen LogP contribution in [0, 0.1) is 27.7 Å². The molecule has 60 valence electrons. The van der Waals surface area contributed by atoms with Crippen LogP contribution in [0.3, 0.4) is 0 Å². The van der Waals surface area contributed by atoms with Gasteiger partial charge in [-0.3, -0.25) is 0 Å². The molecule has 0 spiro atoms. The molecule has 0 saturated carbocycles. The molecule has 0 aliphatic rings. The average molecular weight is 165 g/mol. The van der Waals surface area contributed by atoms with Crippen LogP contribution in [0.25, 0.3) is 0 Å². The van der Waals surface area contributed by atoms with Gasteiger partial charge in [-0.1, -0.05) is 17.2 Å². The smallest absolute Gasteiger partial charge is 0.0396 e. The fraction of sp³-hybridized carbons (Fsp3) is 0.400. The van der Waals surface area contributed by atoms with E-state index < -0.39 is 0 Å². The van der Waals surface area contributed by atoms with Crippen LogP contribution in [0.4, 0.5) is 0 Å². The predicted octanol–water partition coefficient (Wildman–Crippen LogP) is 2.83. The van der Waals surface area contributed by atoms with Gasteiger partial charge < -0.3 is 12.6 Å². The van der Waals surface area contributed by atoms with E-state index in [2.05, 4.69) is 33.8 Å². The zero-order chi connectivity index (χ0) is 8.59. The fourth-order valence-electron chi connectivity index (χ4n) is 1.18. The summed E-state index contributed by atoms with van der Waals surface area (Å²) in [6.07, 6.45) is 0. The van der Waals surface area contributed by atoms with Crippen molar-refractivity contribution in [2.24, 2.45) is 0 Å². The van der Waals surface area contributed by atoms with Crippen molar-refractivity contribution in [1.29, 1.82) is 0 Å². The van der Waals surface area contributed by atoms with Gasteiger partial charge in [0, 0.05) is 0 Å². The third kappa shape index (κ3) is 1.38. The Labute approximate surface area is 74.0 Å². The summed E-state index contributed by atoms with van der Waals surface area (Å²) in [6, 6.07) is 2.19. The Kier molecular flexibility index (Phi) is 2.19. The highest BCUT2D eigenvalue weighted by atomic mass is 32.1. The molecule has 0 fully saturated rings. The molecule has 1 aromatic rings. The van der Waals surface area contributed by atoms with Gasteiger partial charge in [-0.25, -0.2) is 0 Å². The summed E-state index contributed by atoms with van der Waals surface area (Å²) in [5.41, 5.74) is 5.11. The van der Waals surface area contributed by atoms with E-state index in [0.29, 0.717) is 0 Å². The fourth-order valence-corrected chi connectivity index (χ4v) is 1.50. The number of rotatable bonds is 0. The van der Waals surface area contributed by atoms with Crippen LogP contribution in [0.1, 0.15) is 22.3 Å². The topological polar surface area (TPSA) is 0 Å². The van der Waals surface area contributed by atoms with E-state index in [4.69, 9.17) is 12.6 Å². The van der Waals surface area contributed by atoms with Gasteiger partial charge >= 0.3 is 0 Å². The molecule has 1 heteroatoms. The molecule has 1 rings (SSSR count). The van der Waals surface area contributed by atoms with E-state index in [-0.39, 0.29) is 0 Å². The Morgan fingerprint density at radius 3 is 1.64 bits per heavy atom. The lowest BCUT2D eigenvalue weighted by molar-refractivity contribution is 1.14. The van der Waals surface area contributed by atoms with Gasteiger partial charge in [0.15, 0.2) is 0 Å². The van der Waals surface area contributed by atoms with Crippen molar-refractivity contribution in [3.63, 3.8) is 0 Å². The zero-order valence-corrected chi connectivity index (χ0v) is 8.30. The lowest BCUT2D eigenvalue weighted by atomic mass is 10.0. The Morgan fingerprint density at radius 2 is 1.27 bits per heavy atom. The first-order valence-electron chi connectivity index (χ1n) is 3.78. The quantitative estimate of drug-likeness (QED) is 0.533. The Morgan fingerprint density at radius 1 is 0.909 bits per heavy atom. The van der Waals surface area contributed by atoms with Gasteiger partial charge in [-0.15, -0.1) is 0 Å². The maximum Gasteiger partial charge on any atom is -0.0396 e. The van der Waals surface area contributed by atoms with Crippen molar-refractivity contribution in [3.05, 3.63) is 28.3 Å². The second-order valence-corrected chi connectivity index (χ2v) is 3.50. The van der Waals surface area contributed by atoms with E-state index >= 15 is 0 Å². The van der Waals surface area contributed by atoms with Crippen LogP contribution in [-0.4, -0.2) is 0 Å². The molecule has 0 radical (unpaired) electrons. The Bertz CT molecular complexity index is 261. The van der Waals surface area contributed by atoms with Gasteiger partial charge in [0.25, 0.3) is 0 Å². The molecule has 0 saturated heterocycles. The molecule has 0 amide bonds. The Balaban J connectivity index is 3.46. The first-order valence-corrected chi connectivity index (χ1v) is 4.19. The third-order valence-corrected chi connectivity index (χ3v) is 2.91. The second kappa shape index (κ2) is 2.82. The third-order valence-electron chi connectivity index (χ3n) is 2.30. The molecule has 0 aromatic heterocycles. The average Bonchev–Trinajstić information content (AvgIpc) is 1.97. The van der Waals surface area contributed by atoms with E-state index in [9.17, 15) is 0 Å². The highest BCUT2D eigenvalue weighted by Crippen LogP contribution is 2.20. The van der Waals surface area contributed by atoms with Crippen LogP contribution < -0.4 is 0 Å². The summed E-state index contributed by atoms with van der Waals surface area (Å²) in [4.78, 5) is 1.03. The molecular formula is C10H13S-. The maximum atomic E-state index is 5.27. The molecule has 0 bridgehead atoms. The SMILES string of the molecule is Cc1cc(C)c(C)c([S-])c1C. The van der Waals surface area contributed by atoms with E-state index in [1.807, 2.05) is 0 Å². The first-order chi connectivity index (χ1) is 5.04. The molecule has 0 atom stereocenters. The minimum Gasteiger partial charge on any atom is -0.779 e. The minimum atomic E-state index is 1.03. The van der Waals surface area contributed by atoms with Crippen molar-refractivity contribution in [2.45, 2.75) is 32.6 Å². The predicted molar refractivity (Wildman–Crippen MR) is 51.0 cm³/mol. The highest BCUT2D eigenvalue weighted by molar-refractivity contribution is 7.59. The molecule has 0 aliphatic carbocycles. The lowest BCUT2D eigenvalue weighted by Crippen LogP contribution is -1.92. The molecular weight excluding hydrogens is 152 g/mol. The normalized spacial score (nSPS) is 10.2. The van der Waals surface area contributed by atoms with Gasteiger partial charge in [-0.05, 0) is 38.8 Å². The van der Waals surface area contributed by atoms with Crippen molar-refractivity contribution in [2.75, 3.05) is 0 Å². The van der Waals surface area contributed by atoms with Gasteiger partial charge in [0.05, 0.1) is 0 Å². The molecule has 0 nitrogen and oxygen atoms in total. The second-order valence-electron chi connectivity index (χ2n) is 3.09. The van der Waals surface area contributed by atoms with Crippen molar-refractivity contribution in [1.82, 2.24) is 0 Å². The zero-order valence-electron chi connectivity index (χ0n) is 7.49. The van der Waals surface area contributed by atoms with Crippen molar-refractivity contribution in [3.8, 4) is 0 Å². The first kappa shape index (κ1) is 8.54. The largest absolute Gasteiger partial charge is 0.779 e. The molecule has 0 unspecified atom stereocenters. The monoisotopic (exact) mass is 165 g/mol.